The van der Waals surface area contributed by atoms with Gasteiger partial charge in [-0.25, -0.2) is 8.78 Å². The minimum Gasteiger partial charge on any atom is -0.489 e. The smallest absolute Gasteiger partial charge is 0.124 e. The van der Waals surface area contributed by atoms with Gasteiger partial charge in [0.15, 0.2) is 0 Å². The molecule has 2 N–H and O–H groups in total. The van der Waals surface area contributed by atoms with Crippen LogP contribution in [0.1, 0.15) is 29.7 Å². The monoisotopic (exact) mass is 288 g/mol. The van der Waals surface area contributed by atoms with E-state index in [1.165, 1.54) is 36.4 Å². The van der Waals surface area contributed by atoms with Gasteiger partial charge in [-0.2, -0.15) is 5.26 Å². The Kier molecular flexibility index (Phi) is 4.51. The van der Waals surface area contributed by atoms with Crippen LogP contribution in [0, 0.1) is 23.0 Å². The highest BCUT2D eigenvalue weighted by molar-refractivity contribution is 5.39. The lowest BCUT2D eigenvalue weighted by atomic mass is 10.1. The van der Waals surface area contributed by atoms with Crippen LogP contribution in [-0.4, -0.2) is 0 Å². The van der Waals surface area contributed by atoms with Crippen molar-refractivity contribution in [2.45, 2.75) is 19.6 Å². The molecular weight excluding hydrogens is 274 g/mol. The van der Waals surface area contributed by atoms with Gasteiger partial charge in [-0.3, -0.25) is 0 Å². The minimum absolute atomic E-state index is 0.00596. The van der Waals surface area contributed by atoms with Crippen molar-refractivity contribution in [3.8, 4) is 11.8 Å². The largest absolute Gasteiger partial charge is 0.489 e. The zero-order valence-electron chi connectivity index (χ0n) is 11.4. The van der Waals surface area contributed by atoms with Gasteiger partial charge in [0.1, 0.15) is 24.0 Å². The molecule has 108 valence electrons. The van der Waals surface area contributed by atoms with Crippen LogP contribution in [0.15, 0.2) is 36.4 Å². The molecule has 0 heterocycles. The molecule has 0 bridgehead atoms. The van der Waals surface area contributed by atoms with Gasteiger partial charge in [0.25, 0.3) is 0 Å². The number of nitrogens with two attached hydrogens (primary N) is 1. The Balaban J connectivity index is 2.25. The lowest BCUT2D eigenvalue weighted by molar-refractivity contribution is 0.300. The van der Waals surface area contributed by atoms with Gasteiger partial charge in [-0.1, -0.05) is 0 Å². The van der Waals surface area contributed by atoms with Crippen LogP contribution < -0.4 is 10.5 Å². The molecule has 21 heavy (non-hydrogen) atoms. The number of halogens is 2. The molecular formula is C16H14F2N2O. The number of rotatable bonds is 4. The summed E-state index contributed by atoms with van der Waals surface area (Å²) in [5.41, 5.74) is 7.05. The molecule has 0 aromatic heterocycles. The van der Waals surface area contributed by atoms with Gasteiger partial charge in [-0.05, 0) is 43.3 Å². The van der Waals surface area contributed by atoms with E-state index in [4.69, 9.17) is 15.7 Å². The molecule has 0 aliphatic carbocycles. The molecule has 0 fully saturated rings. The van der Waals surface area contributed by atoms with E-state index in [-0.39, 0.29) is 6.61 Å². The maximum absolute atomic E-state index is 13.2. The molecule has 1 atom stereocenters. The highest BCUT2D eigenvalue weighted by Gasteiger charge is 2.11. The van der Waals surface area contributed by atoms with Crippen molar-refractivity contribution in [2.24, 2.45) is 5.73 Å². The second-order valence-electron chi connectivity index (χ2n) is 4.67. The average Bonchev–Trinajstić information content (AvgIpc) is 2.46. The predicted octanol–water partition coefficient (Wildman–Crippen LogP) is 3.44. The van der Waals surface area contributed by atoms with Crippen LogP contribution >= 0.6 is 0 Å². The number of ether oxygens (including phenoxy) is 1. The lowest BCUT2D eigenvalue weighted by Crippen LogP contribution is -2.09. The summed E-state index contributed by atoms with van der Waals surface area (Å²) in [5.74, 6) is -0.434. The number of benzene rings is 2. The van der Waals surface area contributed by atoms with E-state index < -0.39 is 17.7 Å². The Morgan fingerprint density at radius 2 is 1.86 bits per heavy atom. The highest BCUT2D eigenvalue weighted by Crippen LogP contribution is 2.26. The van der Waals surface area contributed by atoms with E-state index in [9.17, 15) is 8.78 Å². The summed E-state index contributed by atoms with van der Waals surface area (Å²) < 4.78 is 32.0. The SMILES string of the molecule is CC(N)c1cc(F)ccc1OCc1cc(F)ccc1C#N. The van der Waals surface area contributed by atoms with E-state index in [2.05, 4.69) is 0 Å². The zero-order valence-corrected chi connectivity index (χ0v) is 11.4. The van der Waals surface area contributed by atoms with Crippen molar-refractivity contribution >= 4 is 0 Å². The molecule has 3 nitrogen and oxygen atoms in total. The Bertz CT molecular complexity index is 693. The van der Waals surface area contributed by atoms with Gasteiger partial charge >= 0.3 is 0 Å². The zero-order chi connectivity index (χ0) is 15.4. The first-order valence-electron chi connectivity index (χ1n) is 6.37. The van der Waals surface area contributed by atoms with Crippen molar-refractivity contribution in [1.82, 2.24) is 0 Å². The Hall–Kier alpha value is -2.45. The number of nitrogens with zero attached hydrogens (tertiary/aromatic N) is 1. The summed E-state index contributed by atoms with van der Waals surface area (Å²) in [6.45, 7) is 1.72. The van der Waals surface area contributed by atoms with Crippen LogP contribution in [0.3, 0.4) is 0 Å². The fourth-order valence-electron chi connectivity index (χ4n) is 1.95. The van der Waals surface area contributed by atoms with Crippen LogP contribution in [0.25, 0.3) is 0 Å². The molecule has 1 unspecified atom stereocenters. The van der Waals surface area contributed by atoms with Crippen LogP contribution in [0.4, 0.5) is 8.78 Å². The average molecular weight is 288 g/mol. The van der Waals surface area contributed by atoms with Crippen molar-refractivity contribution in [3.63, 3.8) is 0 Å². The van der Waals surface area contributed by atoms with Gasteiger partial charge in [0.2, 0.25) is 0 Å². The number of nitriles is 1. The van der Waals surface area contributed by atoms with Crippen molar-refractivity contribution in [3.05, 3.63) is 64.7 Å². The molecule has 0 aliphatic heterocycles. The first kappa shape index (κ1) is 14.9. The molecule has 0 saturated carbocycles. The quantitative estimate of drug-likeness (QED) is 0.937. The van der Waals surface area contributed by atoms with E-state index in [1.807, 2.05) is 6.07 Å². The van der Waals surface area contributed by atoms with Crippen molar-refractivity contribution in [2.75, 3.05) is 0 Å². The maximum Gasteiger partial charge on any atom is 0.124 e. The Morgan fingerprint density at radius 3 is 2.52 bits per heavy atom. The Morgan fingerprint density at radius 1 is 1.19 bits per heavy atom. The van der Waals surface area contributed by atoms with Gasteiger partial charge < -0.3 is 10.5 Å². The van der Waals surface area contributed by atoms with Crippen LogP contribution in [-0.2, 0) is 6.61 Å². The topological polar surface area (TPSA) is 59.0 Å². The van der Waals surface area contributed by atoms with E-state index in [0.717, 1.165) is 0 Å². The molecule has 5 heteroatoms. The highest BCUT2D eigenvalue weighted by atomic mass is 19.1. The fourth-order valence-corrected chi connectivity index (χ4v) is 1.95. The molecule has 2 aromatic rings. The molecule has 0 saturated heterocycles. The third-order valence-corrected chi connectivity index (χ3v) is 3.03. The van der Waals surface area contributed by atoms with Crippen LogP contribution in [0.2, 0.25) is 0 Å². The molecule has 2 rings (SSSR count). The summed E-state index contributed by atoms with van der Waals surface area (Å²) in [5, 5.41) is 8.99. The standard InChI is InChI=1S/C16H14F2N2O/c1-10(20)15-7-14(18)4-5-16(15)21-9-12-6-13(17)3-2-11(12)8-19/h2-7,10H,9,20H2,1H3. The predicted molar refractivity (Wildman–Crippen MR) is 74.4 cm³/mol. The summed E-state index contributed by atoms with van der Waals surface area (Å²) in [6.07, 6.45) is 0. The molecule has 0 amide bonds. The fraction of sp³-hybridized carbons (Fsp3) is 0.188. The van der Waals surface area contributed by atoms with Gasteiger partial charge in [-0.15, -0.1) is 0 Å². The van der Waals surface area contributed by atoms with E-state index in [0.29, 0.717) is 22.4 Å². The lowest BCUT2D eigenvalue weighted by Gasteiger charge is -2.14. The molecule has 0 aliphatic rings. The summed E-state index contributed by atoms with van der Waals surface area (Å²) in [7, 11) is 0. The summed E-state index contributed by atoms with van der Waals surface area (Å²) >= 11 is 0. The Labute approximate surface area is 121 Å². The summed E-state index contributed by atoms with van der Waals surface area (Å²) in [4.78, 5) is 0. The molecule has 2 aromatic carbocycles. The third-order valence-electron chi connectivity index (χ3n) is 3.03. The van der Waals surface area contributed by atoms with Crippen molar-refractivity contribution in [1.29, 1.82) is 5.26 Å². The van der Waals surface area contributed by atoms with Gasteiger partial charge in [0, 0.05) is 17.2 Å². The first-order valence-corrected chi connectivity index (χ1v) is 6.37. The van der Waals surface area contributed by atoms with Crippen LogP contribution in [0.5, 0.6) is 5.75 Å². The first-order chi connectivity index (χ1) is 10.0. The third kappa shape index (κ3) is 3.56. The second-order valence-corrected chi connectivity index (χ2v) is 4.67. The summed E-state index contributed by atoms with van der Waals surface area (Å²) in [6, 6.07) is 9.46. The van der Waals surface area contributed by atoms with E-state index in [1.54, 1.807) is 6.92 Å². The van der Waals surface area contributed by atoms with Gasteiger partial charge in [0.05, 0.1) is 11.6 Å². The van der Waals surface area contributed by atoms with E-state index >= 15 is 0 Å². The maximum atomic E-state index is 13.2. The second kappa shape index (κ2) is 6.33. The number of hydrogen-bond donors (Lipinski definition) is 1. The molecule has 0 spiro atoms. The minimum atomic E-state index is -0.445. The molecule has 0 radical (unpaired) electrons. The number of hydrogen-bond acceptors (Lipinski definition) is 3. The normalized spacial score (nSPS) is 11.8. The van der Waals surface area contributed by atoms with Crippen molar-refractivity contribution < 1.29 is 13.5 Å².